The zero-order chi connectivity index (χ0) is 8.60. The predicted octanol–water partition coefficient (Wildman–Crippen LogP) is -0.323. The van der Waals surface area contributed by atoms with E-state index in [1.807, 2.05) is 0 Å². The molecule has 0 aromatic heterocycles. The molecule has 0 radical (unpaired) electrons. The Labute approximate surface area is 76.9 Å². The lowest BCUT2D eigenvalue weighted by molar-refractivity contribution is 0.238. The van der Waals surface area contributed by atoms with Crippen molar-refractivity contribution >= 4 is 18.7 Å². The van der Waals surface area contributed by atoms with Crippen LogP contribution in [0.25, 0.3) is 0 Å². The van der Waals surface area contributed by atoms with Crippen molar-refractivity contribution in [2.24, 2.45) is 0 Å². The number of carbonyl (C=O) groups excluding carboxylic acids is 1. The van der Waals surface area contributed by atoms with E-state index in [2.05, 4.69) is 28.6 Å². The molecule has 0 aromatic carbocycles. The van der Waals surface area contributed by atoms with Gasteiger partial charge in [0.05, 0.1) is 10.9 Å². The van der Waals surface area contributed by atoms with Gasteiger partial charge in [-0.05, 0) is 19.4 Å². The summed E-state index contributed by atoms with van der Waals surface area (Å²) >= 11 is 4.35. The van der Waals surface area contributed by atoms with Gasteiger partial charge in [0.25, 0.3) is 0 Å². The summed E-state index contributed by atoms with van der Waals surface area (Å²) in [6.07, 6.45) is 2.10. The van der Waals surface area contributed by atoms with Gasteiger partial charge in [-0.3, -0.25) is 0 Å². The molecule has 2 atom stereocenters. The molecule has 5 heteroatoms. The molecular weight excluding hydrogens is 174 g/mol. The van der Waals surface area contributed by atoms with Gasteiger partial charge in [-0.1, -0.05) is 0 Å². The molecule has 2 unspecified atom stereocenters. The zero-order valence-electron chi connectivity index (χ0n) is 6.76. The molecule has 2 heterocycles. The van der Waals surface area contributed by atoms with Crippen LogP contribution in [0, 0.1) is 0 Å². The van der Waals surface area contributed by atoms with Gasteiger partial charge in [0, 0.05) is 6.54 Å². The third-order valence-electron chi connectivity index (χ3n) is 2.57. The highest BCUT2D eigenvalue weighted by Gasteiger charge is 2.45. The third kappa shape index (κ3) is 1.17. The molecule has 2 fully saturated rings. The minimum absolute atomic E-state index is 0.0576. The number of carbonyl (C=O) groups is 1. The molecule has 2 saturated heterocycles. The van der Waals surface area contributed by atoms with Gasteiger partial charge in [-0.25, -0.2) is 4.79 Å². The van der Waals surface area contributed by atoms with Crippen LogP contribution in [0.4, 0.5) is 4.79 Å². The molecule has 0 aliphatic carbocycles. The molecule has 0 bridgehead atoms. The molecule has 3 N–H and O–H groups in total. The van der Waals surface area contributed by atoms with Crippen LogP contribution in [0.5, 0.6) is 0 Å². The number of thiol groups is 1. The molecule has 12 heavy (non-hydrogen) atoms. The summed E-state index contributed by atoms with van der Waals surface area (Å²) in [5.41, 5.74) is -0.154. The maximum Gasteiger partial charge on any atom is 0.316 e. The number of urea groups is 1. The maximum absolute atomic E-state index is 11.0. The highest BCUT2D eigenvalue weighted by Crippen LogP contribution is 2.25. The fourth-order valence-electron chi connectivity index (χ4n) is 1.86. The van der Waals surface area contributed by atoms with Crippen LogP contribution in [-0.2, 0) is 0 Å². The second-order valence-corrected chi connectivity index (χ2v) is 3.95. The summed E-state index contributed by atoms with van der Waals surface area (Å²) in [6.45, 7) is 1.86. The van der Waals surface area contributed by atoms with Crippen molar-refractivity contribution in [1.82, 2.24) is 16.0 Å². The van der Waals surface area contributed by atoms with E-state index in [0.29, 0.717) is 0 Å². The zero-order valence-corrected chi connectivity index (χ0v) is 7.66. The Balaban J connectivity index is 2.13. The predicted molar refractivity (Wildman–Crippen MR) is 49.3 cm³/mol. The quantitative estimate of drug-likeness (QED) is 0.393. The Morgan fingerprint density at radius 3 is 2.92 bits per heavy atom. The molecule has 2 rings (SSSR count). The first-order valence-corrected chi connectivity index (χ1v) is 4.72. The summed E-state index contributed by atoms with van der Waals surface area (Å²) in [6, 6.07) is -0.0984. The minimum atomic E-state index is -0.154. The van der Waals surface area contributed by atoms with Gasteiger partial charge in [0.2, 0.25) is 0 Å². The first-order valence-electron chi connectivity index (χ1n) is 4.20. The third-order valence-corrected chi connectivity index (χ3v) is 3.19. The van der Waals surface area contributed by atoms with Gasteiger partial charge in [-0.15, -0.1) is 0 Å². The Morgan fingerprint density at radius 2 is 2.42 bits per heavy atom. The second kappa shape index (κ2) is 2.81. The van der Waals surface area contributed by atoms with Crippen LogP contribution < -0.4 is 16.0 Å². The van der Waals surface area contributed by atoms with E-state index in [-0.39, 0.29) is 16.9 Å². The maximum atomic E-state index is 11.0. The van der Waals surface area contributed by atoms with E-state index in [1.165, 1.54) is 0 Å². The summed E-state index contributed by atoms with van der Waals surface area (Å²) in [5, 5.41) is 8.89. The topological polar surface area (TPSA) is 53.2 Å². The lowest BCUT2D eigenvalue weighted by atomic mass is 9.91. The summed E-state index contributed by atoms with van der Waals surface area (Å²) in [4.78, 5) is 11.0. The van der Waals surface area contributed by atoms with Crippen LogP contribution in [-0.4, -0.2) is 30.0 Å². The number of hydrogen-bond acceptors (Lipinski definition) is 3. The molecule has 2 aliphatic rings. The first kappa shape index (κ1) is 8.19. The van der Waals surface area contributed by atoms with E-state index < -0.39 is 0 Å². The highest BCUT2D eigenvalue weighted by atomic mass is 32.1. The molecule has 0 aromatic rings. The number of nitrogens with one attached hydrogen (secondary N) is 3. The van der Waals surface area contributed by atoms with E-state index in [9.17, 15) is 4.79 Å². The Kier molecular flexibility index (Phi) is 1.92. The van der Waals surface area contributed by atoms with Crippen LogP contribution in [0.1, 0.15) is 12.8 Å². The number of piperidine rings is 1. The summed E-state index contributed by atoms with van der Waals surface area (Å²) < 4.78 is 0. The van der Waals surface area contributed by atoms with Crippen molar-refractivity contribution in [3.63, 3.8) is 0 Å². The Morgan fingerprint density at radius 1 is 1.58 bits per heavy atom. The summed E-state index contributed by atoms with van der Waals surface area (Å²) in [5.74, 6) is 0. The van der Waals surface area contributed by atoms with Gasteiger partial charge >= 0.3 is 6.03 Å². The summed E-state index contributed by atoms with van der Waals surface area (Å²) in [7, 11) is 0. The monoisotopic (exact) mass is 187 g/mol. The molecule has 4 nitrogen and oxygen atoms in total. The van der Waals surface area contributed by atoms with Crippen molar-refractivity contribution in [3.8, 4) is 0 Å². The smallest absolute Gasteiger partial charge is 0.316 e. The van der Waals surface area contributed by atoms with Crippen molar-refractivity contribution in [3.05, 3.63) is 0 Å². The molecular formula is C7H13N3OS. The van der Waals surface area contributed by atoms with Gasteiger partial charge in [0.15, 0.2) is 0 Å². The lowest BCUT2D eigenvalue weighted by Crippen LogP contribution is -2.57. The average Bonchev–Trinajstić information content (AvgIpc) is 2.29. The fourth-order valence-corrected chi connectivity index (χ4v) is 2.26. The molecule has 1 spiro atoms. The Hall–Kier alpha value is -0.420. The van der Waals surface area contributed by atoms with Crippen molar-refractivity contribution in [2.45, 2.75) is 23.8 Å². The number of hydrogen-bond donors (Lipinski definition) is 4. The lowest BCUT2D eigenvalue weighted by Gasteiger charge is -2.35. The second-order valence-electron chi connectivity index (χ2n) is 3.44. The SMILES string of the molecule is O=C1NC(S)C2(CCCNC2)N1. The van der Waals surface area contributed by atoms with Gasteiger partial charge < -0.3 is 16.0 Å². The van der Waals surface area contributed by atoms with Crippen LogP contribution >= 0.6 is 12.6 Å². The first-order chi connectivity index (χ1) is 5.73. The van der Waals surface area contributed by atoms with E-state index >= 15 is 0 Å². The molecule has 0 saturated carbocycles. The van der Waals surface area contributed by atoms with E-state index in [1.54, 1.807) is 0 Å². The fraction of sp³-hybridized carbons (Fsp3) is 0.857. The van der Waals surface area contributed by atoms with Crippen LogP contribution in [0.3, 0.4) is 0 Å². The van der Waals surface area contributed by atoms with E-state index in [4.69, 9.17) is 0 Å². The normalized spacial score (nSPS) is 41.1. The van der Waals surface area contributed by atoms with Gasteiger partial charge in [0.1, 0.15) is 0 Å². The minimum Gasteiger partial charge on any atom is -0.328 e. The largest absolute Gasteiger partial charge is 0.328 e. The van der Waals surface area contributed by atoms with Crippen LogP contribution in [0.15, 0.2) is 0 Å². The van der Waals surface area contributed by atoms with Crippen molar-refractivity contribution < 1.29 is 4.79 Å². The number of amides is 2. The molecule has 68 valence electrons. The highest BCUT2D eigenvalue weighted by molar-refractivity contribution is 7.81. The average molecular weight is 187 g/mol. The number of rotatable bonds is 0. The van der Waals surface area contributed by atoms with Crippen molar-refractivity contribution in [1.29, 1.82) is 0 Å². The van der Waals surface area contributed by atoms with E-state index in [0.717, 1.165) is 25.9 Å². The van der Waals surface area contributed by atoms with Gasteiger partial charge in [-0.2, -0.15) is 12.6 Å². The molecule has 2 amide bonds. The van der Waals surface area contributed by atoms with Crippen molar-refractivity contribution in [2.75, 3.05) is 13.1 Å². The Bertz CT molecular complexity index is 203. The molecule has 2 aliphatic heterocycles. The standard InChI is InChI=1S/C7H13N3OS/c11-6-9-5(12)7(10-6)2-1-3-8-4-7/h5,8,12H,1-4H2,(H2,9,10,11). The van der Waals surface area contributed by atoms with Crippen LogP contribution in [0.2, 0.25) is 0 Å².